The molecule has 7 nitrogen and oxygen atoms in total. The van der Waals surface area contributed by atoms with E-state index >= 15 is 0 Å². The maximum Gasteiger partial charge on any atom is 0.270 e. The van der Waals surface area contributed by atoms with Crippen molar-refractivity contribution in [3.63, 3.8) is 0 Å². The lowest BCUT2D eigenvalue weighted by Crippen LogP contribution is -2.38. The molecule has 0 unspecified atom stereocenters. The number of benzene rings is 2. The minimum absolute atomic E-state index is 0.214. The standard InChI is InChI=1S/C24H27ClN4O3/c1-2-32-19-7-4-17(5-8-19)23-27-21-16-18(25)6-9-20(21)22(28-23)24(30)26-10-3-11-29-12-14-31-15-13-29/h4-9,16H,2-3,10-15H2,1H3,(H,26,30). The third kappa shape index (κ3) is 5.54. The molecule has 3 aromatic rings. The molecule has 1 N–H and O–H groups in total. The van der Waals surface area contributed by atoms with Crippen LogP contribution >= 0.6 is 11.6 Å². The van der Waals surface area contributed by atoms with Gasteiger partial charge in [-0.25, -0.2) is 9.97 Å². The Balaban J connectivity index is 1.53. The van der Waals surface area contributed by atoms with Crippen molar-refractivity contribution in [1.82, 2.24) is 20.2 Å². The molecular weight excluding hydrogens is 428 g/mol. The number of ether oxygens (including phenoxy) is 2. The Morgan fingerprint density at radius 2 is 1.94 bits per heavy atom. The molecular formula is C24H27ClN4O3. The van der Waals surface area contributed by atoms with Gasteiger partial charge in [-0.1, -0.05) is 11.6 Å². The molecule has 2 heterocycles. The number of aromatic nitrogens is 2. The van der Waals surface area contributed by atoms with Crippen molar-refractivity contribution in [3.8, 4) is 17.1 Å². The number of rotatable bonds is 8. The van der Waals surface area contributed by atoms with Gasteiger partial charge >= 0.3 is 0 Å². The molecule has 1 aliphatic heterocycles. The average Bonchev–Trinajstić information content (AvgIpc) is 2.82. The van der Waals surface area contributed by atoms with Gasteiger partial charge in [-0.15, -0.1) is 0 Å². The van der Waals surface area contributed by atoms with Crippen LogP contribution in [0.2, 0.25) is 5.02 Å². The molecule has 1 fully saturated rings. The van der Waals surface area contributed by atoms with Crippen LogP contribution in [0.4, 0.5) is 0 Å². The molecule has 8 heteroatoms. The third-order valence-electron chi connectivity index (χ3n) is 5.34. The second-order valence-electron chi connectivity index (χ2n) is 7.58. The molecule has 0 radical (unpaired) electrons. The number of nitrogens with zero attached hydrogens (tertiary/aromatic N) is 3. The molecule has 32 heavy (non-hydrogen) atoms. The van der Waals surface area contributed by atoms with E-state index < -0.39 is 0 Å². The van der Waals surface area contributed by atoms with Crippen LogP contribution in [0.1, 0.15) is 23.8 Å². The normalized spacial score (nSPS) is 14.4. The summed E-state index contributed by atoms with van der Waals surface area (Å²) in [6.45, 7) is 7.48. The monoisotopic (exact) mass is 454 g/mol. The van der Waals surface area contributed by atoms with Crippen molar-refractivity contribution in [2.24, 2.45) is 0 Å². The summed E-state index contributed by atoms with van der Waals surface area (Å²) in [5, 5.41) is 4.25. The van der Waals surface area contributed by atoms with E-state index in [2.05, 4.69) is 20.2 Å². The van der Waals surface area contributed by atoms with Crippen molar-refractivity contribution in [1.29, 1.82) is 0 Å². The smallest absolute Gasteiger partial charge is 0.270 e. The van der Waals surface area contributed by atoms with Gasteiger partial charge in [0.1, 0.15) is 11.4 Å². The first-order chi connectivity index (χ1) is 15.6. The lowest BCUT2D eigenvalue weighted by molar-refractivity contribution is 0.0374. The number of hydrogen-bond donors (Lipinski definition) is 1. The van der Waals surface area contributed by atoms with E-state index in [1.807, 2.05) is 31.2 Å². The second kappa shape index (κ2) is 10.7. The quantitative estimate of drug-likeness (QED) is 0.522. The van der Waals surface area contributed by atoms with Gasteiger partial charge in [-0.05, 0) is 62.4 Å². The predicted octanol–water partition coefficient (Wildman–Crippen LogP) is 3.80. The number of fused-ring (bicyclic) bond motifs is 1. The summed E-state index contributed by atoms with van der Waals surface area (Å²) in [5.41, 5.74) is 1.79. The predicted molar refractivity (Wildman–Crippen MR) is 125 cm³/mol. The minimum atomic E-state index is -0.214. The molecule has 2 aromatic carbocycles. The molecule has 1 aliphatic rings. The second-order valence-corrected chi connectivity index (χ2v) is 8.01. The van der Waals surface area contributed by atoms with Gasteiger partial charge in [-0.3, -0.25) is 9.69 Å². The average molecular weight is 455 g/mol. The topological polar surface area (TPSA) is 76.6 Å². The van der Waals surface area contributed by atoms with E-state index in [4.69, 9.17) is 21.1 Å². The highest BCUT2D eigenvalue weighted by molar-refractivity contribution is 6.31. The number of nitrogens with one attached hydrogen (secondary N) is 1. The third-order valence-corrected chi connectivity index (χ3v) is 5.57. The summed E-state index contributed by atoms with van der Waals surface area (Å²) < 4.78 is 10.9. The largest absolute Gasteiger partial charge is 0.494 e. The number of amides is 1. The van der Waals surface area contributed by atoms with Gasteiger partial charge in [0, 0.05) is 35.6 Å². The zero-order chi connectivity index (χ0) is 22.3. The van der Waals surface area contributed by atoms with Gasteiger partial charge in [0.2, 0.25) is 0 Å². The summed E-state index contributed by atoms with van der Waals surface area (Å²) in [5.74, 6) is 1.04. The van der Waals surface area contributed by atoms with E-state index in [1.165, 1.54) is 0 Å². The van der Waals surface area contributed by atoms with Crippen molar-refractivity contribution >= 4 is 28.4 Å². The highest BCUT2D eigenvalue weighted by Crippen LogP contribution is 2.25. The Kier molecular flexibility index (Phi) is 7.52. The molecule has 4 rings (SSSR count). The molecule has 1 saturated heterocycles. The van der Waals surface area contributed by atoms with Crippen molar-refractivity contribution in [3.05, 3.63) is 53.2 Å². The number of halogens is 1. The van der Waals surface area contributed by atoms with E-state index in [0.717, 1.165) is 50.6 Å². The number of morpholine rings is 1. The van der Waals surface area contributed by atoms with Gasteiger partial charge < -0.3 is 14.8 Å². The summed E-state index contributed by atoms with van der Waals surface area (Å²) in [6.07, 6.45) is 0.867. The lowest BCUT2D eigenvalue weighted by Gasteiger charge is -2.26. The highest BCUT2D eigenvalue weighted by Gasteiger charge is 2.17. The van der Waals surface area contributed by atoms with Gasteiger partial charge in [0.05, 0.1) is 25.3 Å². The summed E-state index contributed by atoms with van der Waals surface area (Å²) >= 11 is 6.19. The Labute approximate surface area is 192 Å². The molecule has 0 bridgehead atoms. The van der Waals surface area contributed by atoms with Gasteiger partial charge in [0.15, 0.2) is 5.82 Å². The molecule has 0 aliphatic carbocycles. The molecule has 0 atom stereocenters. The summed E-state index contributed by atoms with van der Waals surface area (Å²) in [4.78, 5) is 24.6. The molecule has 1 amide bonds. The van der Waals surface area contributed by atoms with Gasteiger partial charge in [0.25, 0.3) is 5.91 Å². The minimum Gasteiger partial charge on any atom is -0.494 e. The van der Waals surface area contributed by atoms with Crippen molar-refractivity contribution in [2.75, 3.05) is 46.0 Å². The fraction of sp³-hybridized carbons (Fsp3) is 0.375. The fourth-order valence-electron chi connectivity index (χ4n) is 3.68. The SMILES string of the molecule is CCOc1ccc(-c2nc(C(=O)NCCCN3CCOCC3)c3ccc(Cl)cc3n2)cc1. The van der Waals surface area contributed by atoms with Crippen LogP contribution in [0.5, 0.6) is 5.75 Å². The number of carbonyl (C=O) groups is 1. The molecule has 1 aromatic heterocycles. The van der Waals surface area contributed by atoms with E-state index in [0.29, 0.717) is 40.6 Å². The fourth-order valence-corrected chi connectivity index (χ4v) is 3.85. The zero-order valence-corrected chi connectivity index (χ0v) is 18.9. The van der Waals surface area contributed by atoms with Crippen LogP contribution in [-0.4, -0.2) is 66.8 Å². The summed E-state index contributed by atoms with van der Waals surface area (Å²) in [7, 11) is 0. The zero-order valence-electron chi connectivity index (χ0n) is 18.1. The number of hydrogen-bond acceptors (Lipinski definition) is 6. The van der Waals surface area contributed by atoms with E-state index in [1.54, 1.807) is 18.2 Å². The maximum atomic E-state index is 13.0. The lowest BCUT2D eigenvalue weighted by atomic mass is 10.1. The Bertz CT molecular complexity index is 1070. The van der Waals surface area contributed by atoms with E-state index in [9.17, 15) is 4.79 Å². The molecule has 168 valence electrons. The highest BCUT2D eigenvalue weighted by atomic mass is 35.5. The van der Waals surface area contributed by atoms with Crippen LogP contribution < -0.4 is 10.1 Å². The molecule has 0 saturated carbocycles. The molecule has 0 spiro atoms. The Morgan fingerprint density at radius 3 is 2.69 bits per heavy atom. The van der Waals surface area contributed by atoms with Crippen molar-refractivity contribution < 1.29 is 14.3 Å². The Hall–Kier alpha value is -2.74. The first kappa shape index (κ1) is 22.5. The summed E-state index contributed by atoms with van der Waals surface area (Å²) in [6, 6.07) is 12.8. The van der Waals surface area contributed by atoms with Crippen LogP contribution in [0.25, 0.3) is 22.3 Å². The van der Waals surface area contributed by atoms with Crippen LogP contribution in [0.3, 0.4) is 0 Å². The number of carbonyl (C=O) groups excluding carboxylic acids is 1. The first-order valence-corrected chi connectivity index (χ1v) is 11.3. The van der Waals surface area contributed by atoms with Crippen LogP contribution in [0.15, 0.2) is 42.5 Å². The first-order valence-electron chi connectivity index (χ1n) is 10.9. The van der Waals surface area contributed by atoms with Crippen LogP contribution in [0, 0.1) is 0 Å². The Morgan fingerprint density at radius 1 is 1.16 bits per heavy atom. The van der Waals surface area contributed by atoms with Crippen LogP contribution in [-0.2, 0) is 4.74 Å². The maximum absolute atomic E-state index is 13.0. The van der Waals surface area contributed by atoms with Gasteiger partial charge in [-0.2, -0.15) is 0 Å². The van der Waals surface area contributed by atoms with E-state index in [-0.39, 0.29) is 5.91 Å². The van der Waals surface area contributed by atoms with Crippen molar-refractivity contribution in [2.45, 2.75) is 13.3 Å².